The van der Waals surface area contributed by atoms with Gasteiger partial charge >= 0.3 is 0 Å². The number of carbonyl (C=O) groups excluding carboxylic acids is 1. The van der Waals surface area contributed by atoms with Crippen LogP contribution in [0.25, 0.3) is 0 Å². The summed E-state index contributed by atoms with van der Waals surface area (Å²) in [6.45, 7) is 1.99. The van der Waals surface area contributed by atoms with Crippen molar-refractivity contribution in [3.05, 3.63) is 65.9 Å². The maximum absolute atomic E-state index is 12.4. The van der Waals surface area contributed by atoms with Crippen LogP contribution in [0.15, 0.2) is 54.6 Å². The van der Waals surface area contributed by atoms with Crippen molar-refractivity contribution >= 4 is 23.1 Å². The number of hydrogen-bond donors (Lipinski definition) is 2. The van der Waals surface area contributed by atoms with Crippen LogP contribution in [0.4, 0.5) is 17.2 Å². The Hall–Kier alpha value is -3.61. The number of para-hydroxylation sites is 2. The van der Waals surface area contributed by atoms with E-state index < -0.39 is 0 Å². The second-order valence-corrected chi connectivity index (χ2v) is 5.79. The Morgan fingerprint density at radius 1 is 0.889 bits per heavy atom. The Bertz CT molecular complexity index is 942. The number of rotatable bonds is 6. The minimum atomic E-state index is -0.369. The number of methoxy groups -OCH3 is 2. The second kappa shape index (κ2) is 8.18. The number of ether oxygens (including phenoxy) is 2. The van der Waals surface area contributed by atoms with Gasteiger partial charge in [0.2, 0.25) is 0 Å². The molecule has 27 heavy (non-hydrogen) atoms. The summed E-state index contributed by atoms with van der Waals surface area (Å²) >= 11 is 0. The van der Waals surface area contributed by atoms with Crippen LogP contribution < -0.4 is 20.1 Å². The number of carbonyl (C=O) groups is 1. The lowest BCUT2D eigenvalue weighted by molar-refractivity contribution is 0.102. The zero-order valence-corrected chi connectivity index (χ0v) is 15.3. The van der Waals surface area contributed by atoms with Crippen molar-refractivity contribution in [2.24, 2.45) is 0 Å². The van der Waals surface area contributed by atoms with Gasteiger partial charge in [0.25, 0.3) is 5.91 Å². The maximum Gasteiger partial charge on any atom is 0.276 e. The summed E-state index contributed by atoms with van der Waals surface area (Å²) in [4.78, 5) is 12.4. The third-order valence-corrected chi connectivity index (χ3v) is 3.87. The molecule has 0 saturated carbocycles. The predicted molar refractivity (Wildman–Crippen MR) is 104 cm³/mol. The average Bonchev–Trinajstić information content (AvgIpc) is 2.69. The van der Waals surface area contributed by atoms with Gasteiger partial charge in [-0.3, -0.25) is 4.79 Å². The van der Waals surface area contributed by atoms with Gasteiger partial charge in [0.1, 0.15) is 11.5 Å². The van der Waals surface area contributed by atoms with E-state index in [0.29, 0.717) is 23.0 Å². The molecule has 1 amide bonds. The van der Waals surface area contributed by atoms with Crippen LogP contribution in [-0.2, 0) is 0 Å². The predicted octanol–water partition coefficient (Wildman–Crippen LogP) is 3.80. The second-order valence-electron chi connectivity index (χ2n) is 5.79. The fourth-order valence-corrected chi connectivity index (χ4v) is 2.51. The Morgan fingerprint density at radius 3 is 2.33 bits per heavy atom. The highest BCUT2D eigenvalue weighted by atomic mass is 16.5. The molecule has 0 atom stereocenters. The number of nitrogens with zero attached hydrogens (tertiary/aromatic N) is 2. The van der Waals surface area contributed by atoms with Crippen molar-refractivity contribution in [1.82, 2.24) is 10.2 Å². The molecule has 1 heterocycles. The number of nitrogens with one attached hydrogen (secondary N) is 2. The highest BCUT2D eigenvalue weighted by Crippen LogP contribution is 2.28. The van der Waals surface area contributed by atoms with E-state index in [2.05, 4.69) is 20.8 Å². The van der Waals surface area contributed by atoms with Gasteiger partial charge in [0, 0.05) is 0 Å². The molecule has 2 aromatic carbocycles. The van der Waals surface area contributed by atoms with Crippen molar-refractivity contribution in [2.45, 2.75) is 6.92 Å². The summed E-state index contributed by atoms with van der Waals surface area (Å²) in [5.41, 5.74) is 2.62. The van der Waals surface area contributed by atoms with Crippen molar-refractivity contribution in [2.75, 3.05) is 24.9 Å². The average molecular weight is 364 g/mol. The van der Waals surface area contributed by atoms with Gasteiger partial charge in [0.15, 0.2) is 11.5 Å². The van der Waals surface area contributed by atoms with Crippen molar-refractivity contribution in [1.29, 1.82) is 0 Å². The third-order valence-electron chi connectivity index (χ3n) is 3.87. The molecule has 3 rings (SSSR count). The van der Waals surface area contributed by atoms with E-state index in [0.717, 1.165) is 11.3 Å². The van der Waals surface area contributed by atoms with E-state index in [9.17, 15) is 4.79 Å². The molecule has 7 heteroatoms. The molecule has 0 aliphatic heterocycles. The minimum absolute atomic E-state index is 0.197. The SMILES string of the molecule is COc1ccccc1NC(=O)c1ccc(Nc2cc(C)ccc2OC)nn1. The van der Waals surface area contributed by atoms with Gasteiger partial charge in [-0.2, -0.15) is 0 Å². The molecular weight excluding hydrogens is 344 g/mol. The summed E-state index contributed by atoms with van der Waals surface area (Å²) in [6.07, 6.45) is 0. The molecule has 0 spiro atoms. The number of aromatic nitrogens is 2. The van der Waals surface area contributed by atoms with Crippen molar-refractivity contribution in [3.8, 4) is 11.5 Å². The first kappa shape index (κ1) is 18.2. The number of aryl methyl sites for hydroxylation is 1. The van der Waals surface area contributed by atoms with Crippen LogP contribution >= 0.6 is 0 Å². The molecule has 1 aromatic heterocycles. The molecule has 0 fully saturated rings. The molecule has 0 saturated heterocycles. The lowest BCUT2D eigenvalue weighted by atomic mass is 10.2. The first-order valence-corrected chi connectivity index (χ1v) is 8.30. The number of amides is 1. The van der Waals surface area contributed by atoms with E-state index >= 15 is 0 Å². The summed E-state index contributed by atoms with van der Waals surface area (Å²) in [6, 6.07) is 16.2. The van der Waals surface area contributed by atoms with Gasteiger partial charge in [-0.05, 0) is 48.9 Å². The van der Waals surface area contributed by atoms with Crippen LogP contribution in [0.5, 0.6) is 11.5 Å². The Balaban J connectivity index is 1.73. The van der Waals surface area contributed by atoms with Crippen molar-refractivity contribution in [3.63, 3.8) is 0 Å². The molecule has 7 nitrogen and oxygen atoms in total. The minimum Gasteiger partial charge on any atom is -0.495 e. The highest BCUT2D eigenvalue weighted by molar-refractivity contribution is 6.03. The molecule has 0 aliphatic carbocycles. The zero-order chi connectivity index (χ0) is 19.2. The molecule has 3 aromatic rings. The van der Waals surface area contributed by atoms with E-state index in [1.165, 1.54) is 0 Å². The van der Waals surface area contributed by atoms with E-state index in [-0.39, 0.29) is 11.6 Å². The van der Waals surface area contributed by atoms with Gasteiger partial charge in [-0.1, -0.05) is 18.2 Å². The van der Waals surface area contributed by atoms with Crippen LogP contribution in [0.2, 0.25) is 0 Å². The zero-order valence-electron chi connectivity index (χ0n) is 15.3. The fourth-order valence-electron chi connectivity index (χ4n) is 2.51. The molecule has 0 radical (unpaired) electrons. The van der Waals surface area contributed by atoms with E-state index in [1.54, 1.807) is 38.5 Å². The van der Waals surface area contributed by atoms with Gasteiger partial charge < -0.3 is 20.1 Å². The Morgan fingerprint density at radius 2 is 1.63 bits per heavy atom. The molecule has 0 bridgehead atoms. The molecule has 0 unspecified atom stereocenters. The summed E-state index contributed by atoms with van der Waals surface area (Å²) in [5.74, 6) is 1.41. The van der Waals surface area contributed by atoms with Crippen LogP contribution in [0.3, 0.4) is 0 Å². The molecule has 2 N–H and O–H groups in total. The summed E-state index contributed by atoms with van der Waals surface area (Å²) in [5, 5.41) is 14.0. The number of hydrogen-bond acceptors (Lipinski definition) is 6. The Kier molecular flexibility index (Phi) is 5.51. The van der Waals surface area contributed by atoms with E-state index in [1.807, 2.05) is 37.3 Å². The molecule has 0 aliphatic rings. The van der Waals surface area contributed by atoms with Gasteiger partial charge in [-0.15, -0.1) is 10.2 Å². The number of anilines is 3. The third kappa shape index (κ3) is 4.33. The topological polar surface area (TPSA) is 85.4 Å². The summed E-state index contributed by atoms with van der Waals surface area (Å²) < 4.78 is 10.6. The van der Waals surface area contributed by atoms with Crippen LogP contribution in [0.1, 0.15) is 16.1 Å². The van der Waals surface area contributed by atoms with Crippen LogP contribution in [0, 0.1) is 6.92 Å². The monoisotopic (exact) mass is 364 g/mol. The highest BCUT2D eigenvalue weighted by Gasteiger charge is 2.12. The maximum atomic E-state index is 12.4. The standard InChI is InChI=1S/C20H20N4O3/c1-13-8-10-18(27-3)16(12-13)21-19-11-9-15(23-24-19)20(25)22-14-6-4-5-7-17(14)26-2/h4-12H,1-3H3,(H,21,24)(H,22,25). The fraction of sp³-hybridized carbons (Fsp3) is 0.150. The largest absolute Gasteiger partial charge is 0.495 e. The first-order valence-electron chi connectivity index (χ1n) is 8.30. The summed E-state index contributed by atoms with van der Waals surface area (Å²) in [7, 11) is 3.15. The van der Waals surface area contributed by atoms with Gasteiger partial charge in [-0.25, -0.2) is 0 Å². The molecule has 138 valence electrons. The Labute approximate surface area is 157 Å². The molecular formula is C20H20N4O3. The first-order chi connectivity index (χ1) is 13.1. The normalized spacial score (nSPS) is 10.2. The van der Waals surface area contributed by atoms with E-state index in [4.69, 9.17) is 9.47 Å². The van der Waals surface area contributed by atoms with Gasteiger partial charge in [0.05, 0.1) is 25.6 Å². The van der Waals surface area contributed by atoms with Crippen molar-refractivity contribution < 1.29 is 14.3 Å². The number of benzene rings is 2. The van der Waals surface area contributed by atoms with Crippen LogP contribution in [-0.4, -0.2) is 30.3 Å². The lowest BCUT2D eigenvalue weighted by Gasteiger charge is -2.11. The smallest absolute Gasteiger partial charge is 0.276 e. The quantitative estimate of drug-likeness (QED) is 0.692. The lowest BCUT2D eigenvalue weighted by Crippen LogP contribution is -2.15.